The van der Waals surface area contributed by atoms with Crippen molar-refractivity contribution in [2.75, 3.05) is 0 Å². The van der Waals surface area contributed by atoms with Crippen molar-refractivity contribution in [1.82, 2.24) is 10.7 Å². The molecule has 0 aliphatic heterocycles. The quantitative estimate of drug-likeness (QED) is 0.206. The number of carbonyl (C=O) groups is 2. The lowest BCUT2D eigenvalue weighted by atomic mass is 10.3. The molecule has 10 heavy (non-hydrogen) atoms. The molecule has 0 bridgehead atoms. The molecule has 6 nitrogen and oxygen atoms in total. The van der Waals surface area contributed by atoms with Crippen molar-refractivity contribution >= 4 is 11.9 Å². The Bertz CT molecular complexity index is 146. The Morgan fingerprint density at radius 3 is 2.30 bits per heavy atom. The van der Waals surface area contributed by atoms with E-state index in [-0.39, 0.29) is 0 Å². The summed E-state index contributed by atoms with van der Waals surface area (Å²) in [5, 5.41) is 2.18. The van der Waals surface area contributed by atoms with E-state index in [4.69, 9.17) is 11.6 Å². The molecule has 0 fully saturated rings. The van der Waals surface area contributed by atoms with Crippen LogP contribution in [0.1, 0.15) is 6.92 Å². The molecule has 6 N–H and O–H groups in total. The third-order valence-corrected chi connectivity index (χ3v) is 0.905. The van der Waals surface area contributed by atoms with Gasteiger partial charge in [0.2, 0.25) is 5.91 Å². The summed E-state index contributed by atoms with van der Waals surface area (Å²) >= 11 is 0. The predicted octanol–water partition coefficient (Wildman–Crippen LogP) is -1.97. The smallest absolute Gasteiger partial charge is 0.329 e. The van der Waals surface area contributed by atoms with E-state index in [1.54, 1.807) is 5.43 Å². The molecule has 1 unspecified atom stereocenters. The lowest BCUT2D eigenvalue weighted by Gasteiger charge is -2.07. The van der Waals surface area contributed by atoms with Gasteiger partial charge in [-0.1, -0.05) is 0 Å². The van der Waals surface area contributed by atoms with Crippen molar-refractivity contribution in [2.24, 2.45) is 11.6 Å². The van der Waals surface area contributed by atoms with Gasteiger partial charge in [-0.3, -0.25) is 10.2 Å². The molecule has 0 saturated heterocycles. The highest BCUT2D eigenvalue weighted by Crippen LogP contribution is 1.76. The lowest BCUT2D eigenvalue weighted by Crippen LogP contribution is -2.48. The minimum atomic E-state index is -0.705. The number of urea groups is 1. The third-order valence-electron chi connectivity index (χ3n) is 0.905. The number of hydrazine groups is 1. The molecule has 1 atom stereocenters. The van der Waals surface area contributed by atoms with Gasteiger partial charge >= 0.3 is 6.03 Å². The van der Waals surface area contributed by atoms with Gasteiger partial charge in [0.25, 0.3) is 0 Å². The summed E-state index contributed by atoms with van der Waals surface area (Å²) in [6, 6.07) is -1.34. The van der Waals surface area contributed by atoms with Crippen LogP contribution in [0.4, 0.5) is 4.79 Å². The molecule has 0 saturated carbocycles. The SMILES string of the molecule is CC(NC(=O)NN)C(N)=O. The average molecular weight is 146 g/mol. The molecular weight excluding hydrogens is 136 g/mol. The summed E-state index contributed by atoms with van der Waals surface area (Å²) in [6.45, 7) is 1.46. The summed E-state index contributed by atoms with van der Waals surface area (Å²) in [6.07, 6.45) is 0. The molecule has 0 aliphatic rings. The number of hydrogen-bond acceptors (Lipinski definition) is 3. The van der Waals surface area contributed by atoms with Gasteiger partial charge in [-0.25, -0.2) is 10.6 Å². The molecule has 0 rings (SSSR count). The van der Waals surface area contributed by atoms with Crippen LogP contribution in [0.3, 0.4) is 0 Å². The van der Waals surface area contributed by atoms with Crippen LogP contribution in [-0.2, 0) is 4.79 Å². The van der Waals surface area contributed by atoms with Gasteiger partial charge < -0.3 is 11.1 Å². The van der Waals surface area contributed by atoms with E-state index >= 15 is 0 Å². The topological polar surface area (TPSA) is 110 Å². The molecule has 0 aromatic carbocycles. The maximum Gasteiger partial charge on any atom is 0.329 e. The molecule has 0 radical (unpaired) electrons. The number of hydrogen-bond donors (Lipinski definition) is 4. The highest BCUT2D eigenvalue weighted by atomic mass is 16.2. The first-order chi connectivity index (χ1) is 4.57. The van der Waals surface area contributed by atoms with E-state index in [1.807, 2.05) is 0 Å². The molecule has 58 valence electrons. The van der Waals surface area contributed by atoms with Crippen molar-refractivity contribution in [3.8, 4) is 0 Å². The van der Waals surface area contributed by atoms with Crippen LogP contribution < -0.4 is 22.3 Å². The number of nitrogens with two attached hydrogens (primary N) is 2. The van der Waals surface area contributed by atoms with Gasteiger partial charge in [-0.2, -0.15) is 0 Å². The van der Waals surface area contributed by atoms with E-state index in [9.17, 15) is 9.59 Å². The maximum atomic E-state index is 10.4. The monoisotopic (exact) mass is 146 g/mol. The summed E-state index contributed by atoms with van der Waals surface area (Å²) in [5.41, 5.74) is 6.61. The standard InChI is InChI=1S/C4H10N4O2/c1-2(3(5)9)7-4(10)8-6/h2H,6H2,1H3,(H2,5,9)(H2,7,8,10). The van der Waals surface area contributed by atoms with Crippen molar-refractivity contribution in [2.45, 2.75) is 13.0 Å². The van der Waals surface area contributed by atoms with E-state index < -0.39 is 18.0 Å². The highest BCUT2D eigenvalue weighted by Gasteiger charge is 2.09. The Morgan fingerprint density at radius 2 is 2.00 bits per heavy atom. The van der Waals surface area contributed by atoms with Crippen molar-refractivity contribution in [1.29, 1.82) is 0 Å². The maximum absolute atomic E-state index is 10.4. The fraction of sp³-hybridized carbons (Fsp3) is 0.500. The van der Waals surface area contributed by atoms with Gasteiger partial charge in [0.05, 0.1) is 0 Å². The first-order valence-corrected chi connectivity index (χ1v) is 2.64. The largest absolute Gasteiger partial charge is 0.368 e. The summed E-state index contributed by atoms with van der Waals surface area (Å²) < 4.78 is 0. The minimum Gasteiger partial charge on any atom is -0.368 e. The summed E-state index contributed by atoms with van der Waals surface area (Å²) in [4.78, 5) is 20.7. The number of carbonyl (C=O) groups excluding carboxylic acids is 2. The molecule has 6 heteroatoms. The molecule has 0 aromatic heterocycles. The molecule has 3 amide bonds. The van der Waals surface area contributed by atoms with Gasteiger partial charge in [-0.15, -0.1) is 0 Å². The molecule has 0 aliphatic carbocycles. The van der Waals surface area contributed by atoms with Crippen LogP contribution in [0.15, 0.2) is 0 Å². The first kappa shape index (κ1) is 8.70. The van der Waals surface area contributed by atoms with Crippen LogP contribution >= 0.6 is 0 Å². The van der Waals surface area contributed by atoms with E-state index in [0.717, 1.165) is 0 Å². The lowest BCUT2D eigenvalue weighted by molar-refractivity contribution is -0.119. The van der Waals surface area contributed by atoms with E-state index in [0.29, 0.717) is 0 Å². The van der Waals surface area contributed by atoms with Crippen molar-refractivity contribution < 1.29 is 9.59 Å². The number of rotatable bonds is 2. The zero-order valence-corrected chi connectivity index (χ0v) is 5.55. The number of primary amides is 1. The average Bonchev–Trinajstić information content (AvgIpc) is 1.87. The zero-order valence-electron chi connectivity index (χ0n) is 5.55. The van der Waals surface area contributed by atoms with Crippen molar-refractivity contribution in [3.05, 3.63) is 0 Å². The Kier molecular flexibility index (Phi) is 3.20. The first-order valence-electron chi connectivity index (χ1n) is 2.64. The second kappa shape index (κ2) is 3.67. The van der Waals surface area contributed by atoms with Gasteiger partial charge in [0.15, 0.2) is 0 Å². The normalized spacial score (nSPS) is 11.8. The van der Waals surface area contributed by atoms with Gasteiger partial charge in [0, 0.05) is 0 Å². The second-order valence-electron chi connectivity index (χ2n) is 1.74. The fourth-order valence-corrected chi connectivity index (χ4v) is 0.309. The second-order valence-corrected chi connectivity index (χ2v) is 1.74. The van der Waals surface area contributed by atoms with Crippen LogP contribution in [0, 0.1) is 0 Å². The van der Waals surface area contributed by atoms with Crippen LogP contribution in [0.5, 0.6) is 0 Å². The predicted molar refractivity (Wildman–Crippen MR) is 34.5 cm³/mol. The molecule has 0 aromatic rings. The highest BCUT2D eigenvalue weighted by molar-refractivity contribution is 5.85. The Hall–Kier alpha value is -1.30. The van der Waals surface area contributed by atoms with Gasteiger partial charge in [-0.05, 0) is 6.92 Å². The van der Waals surface area contributed by atoms with Crippen LogP contribution in [0.2, 0.25) is 0 Å². The fourth-order valence-electron chi connectivity index (χ4n) is 0.309. The summed E-state index contributed by atoms with van der Waals surface area (Å²) in [5.74, 6) is 4.10. The minimum absolute atomic E-state index is 0.608. The molecule has 0 heterocycles. The van der Waals surface area contributed by atoms with Crippen molar-refractivity contribution in [3.63, 3.8) is 0 Å². The van der Waals surface area contributed by atoms with Crippen LogP contribution in [-0.4, -0.2) is 18.0 Å². The molecule has 0 spiro atoms. The zero-order chi connectivity index (χ0) is 8.15. The van der Waals surface area contributed by atoms with Gasteiger partial charge in [0.1, 0.15) is 6.04 Å². The summed E-state index contributed by atoms with van der Waals surface area (Å²) in [7, 11) is 0. The number of nitrogens with one attached hydrogen (secondary N) is 2. The number of amides is 3. The van der Waals surface area contributed by atoms with E-state index in [1.165, 1.54) is 6.92 Å². The third kappa shape index (κ3) is 2.88. The van der Waals surface area contributed by atoms with E-state index in [2.05, 4.69) is 5.32 Å². The Labute approximate surface area is 57.9 Å². The Morgan fingerprint density at radius 1 is 1.50 bits per heavy atom. The van der Waals surface area contributed by atoms with Crippen LogP contribution in [0.25, 0.3) is 0 Å². The molecular formula is C4H10N4O2. The Balaban J connectivity index is 3.68.